The Bertz CT molecular complexity index is 1090. The summed E-state index contributed by atoms with van der Waals surface area (Å²) in [5.74, 6) is 6.90. The minimum atomic E-state index is 0.970. The van der Waals surface area contributed by atoms with Crippen LogP contribution in [0.1, 0.15) is 168 Å². The second-order valence-electron chi connectivity index (χ2n) is 12.5. The summed E-state index contributed by atoms with van der Waals surface area (Å²) in [6.07, 6.45) is 28.5. The van der Waals surface area contributed by atoms with E-state index in [0.29, 0.717) is 0 Å². The summed E-state index contributed by atoms with van der Waals surface area (Å²) in [6.45, 7) is 6.84. The standard InChI is InChI=1S/C42H64N2/c1-4-7-10-12-14-15-16-17-18-19-20-21-22-25-31-38-32-29-30-36-40(38)44-42(37-28-23-13-11-8-5-2)41(35-9-6-3)43-39-33-26-24-27-34-39/h24,26-27,29-30,32-34,36H,4-19,22-23,25,28,31,35,37H2,1-3H3. The number of hydrogen-bond donors (Lipinski definition) is 0. The average Bonchev–Trinajstić information content (AvgIpc) is 3.05. The van der Waals surface area contributed by atoms with E-state index >= 15 is 0 Å². The highest BCUT2D eigenvalue weighted by atomic mass is 14.8. The van der Waals surface area contributed by atoms with Gasteiger partial charge >= 0.3 is 0 Å². The Balaban J connectivity index is 1.99. The van der Waals surface area contributed by atoms with E-state index in [-0.39, 0.29) is 0 Å². The molecule has 0 aromatic heterocycles. The Morgan fingerprint density at radius 3 is 1.64 bits per heavy atom. The normalized spacial score (nSPS) is 11.9. The average molecular weight is 597 g/mol. The van der Waals surface area contributed by atoms with E-state index in [2.05, 4.69) is 87.2 Å². The van der Waals surface area contributed by atoms with E-state index < -0.39 is 0 Å². The van der Waals surface area contributed by atoms with Crippen LogP contribution < -0.4 is 0 Å². The molecule has 0 aliphatic carbocycles. The number of nitrogens with zero attached hydrogens (tertiary/aromatic N) is 2. The molecule has 2 aromatic carbocycles. The third-order valence-electron chi connectivity index (χ3n) is 8.41. The molecule has 0 aliphatic rings. The van der Waals surface area contributed by atoms with Crippen molar-refractivity contribution in [2.45, 2.75) is 168 Å². The molecule has 0 atom stereocenters. The summed E-state index contributed by atoms with van der Waals surface area (Å²) in [4.78, 5) is 10.5. The maximum atomic E-state index is 5.38. The molecule has 0 saturated heterocycles. The van der Waals surface area contributed by atoms with Crippen molar-refractivity contribution in [3.05, 3.63) is 60.2 Å². The van der Waals surface area contributed by atoms with Crippen LogP contribution in [0.5, 0.6) is 0 Å². The van der Waals surface area contributed by atoms with Crippen molar-refractivity contribution in [1.82, 2.24) is 0 Å². The molecular formula is C42H64N2. The predicted molar refractivity (Wildman–Crippen MR) is 197 cm³/mol. The van der Waals surface area contributed by atoms with Crippen LogP contribution in [0, 0.1) is 11.8 Å². The van der Waals surface area contributed by atoms with Gasteiger partial charge in [-0.3, -0.25) is 9.98 Å². The Morgan fingerprint density at radius 1 is 0.477 bits per heavy atom. The van der Waals surface area contributed by atoms with E-state index in [0.717, 1.165) is 62.7 Å². The van der Waals surface area contributed by atoms with Gasteiger partial charge in [-0.15, -0.1) is 11.8 Å². The lowest BCUT2D eigenvalue weighted by molar-refractivity contribution is 0.567. The molecule has 0 unspecified atom stereocenters. The van der Waals surface area contributed by atoms with Crippen molar-refractivity contribution in [3.63, 3.8) is 0 Å². The van der Waals surface area contributed by atoms with Crippen LogP contribution in [-0.2, 0) is 6.42 Å². The van der Waals surface area contributed by atoms with Crippen molar-refractivity contribution in [3.8, 4) is 11.8 Å². The Labute approximate surface area is 272 Å². The van der Waals surface area contributed by atoms with Crippen LogP contribution in [0.3, 0.4) is 0 Å². The maximum Gasteiger partial charge on any atom is 0.0665 e. The van der Waals surface area contributed by atoms with Crippen molar-refractivity contribution in [2.24, 2.45) is 9.98 Å². The van der Waals surface area contributed by atoms with E-state index in [1.165, 1.54) is 113 Å². The number of aryl methyl sites for hydroxylation is 1. The molecule has 0 aliphatic heterocycles. The topological polar surface area (TPSA) is 24.7 Å². The molecule has 0 heterocycles. The monoisotopic (exact) mass is 597 g/mol. The van der Waals surface area contributed by atoms with E-state index in [1.54, 1.807) is 0 Å². The fourth-order valence-corrected chi connectivity index (χ4v) is 5.65. The largest absolute Gasteiger partial charge is 0.252 e. The minimum absolute atomic E-state index is 0.970. The molecular weight excluding hydrogens is 532 g/mol. The smallest absolute Gasteiger partial charge is 0.0665 e. The Kier molecular flexibility index (Phi) is 22.8. The zero-order valence-electron chi connectivity index (χ0n) is 28.9. The van der Waals surface area contributed by atoms with Crippen LogP contribution in [0.4, 0.5) is 11.4 Å². The first-order valence-corrected chi connectivity index (χ1v) is 18.5. The highest BCUT2D eigenvalue weighted by Gasteiger charge is 2.12. The summed E-state index contributed by atoms with van der Waals surface area (Å²) in [7, 11) is 0. The van der Waals surface area contributed by atoms with Crippen molar-refractivity contribution < 1.29 is 0 Å². The molecule has 0 fully saturated rings. The summed E-state index contributed by atoms with van der Waals surface area (Å²) < 4.78 is 0. The van der Waals surface area contributed by atoms with Gasteiger partial charge in [0, 0.05) is 12.8 Å². The lowest BCUT2D eigenvalue weighted by Crippen LogP contribution is -2.14. The molecule has 0 amide bonds. The van der Waals surface area contributed by atoms with E-state index in [9.17, 15) is 0 Å². The Morgan fingerprint density at radius 2 is 0.977 bits per heavy atom. The third-order valence-corrected chi connectivity index (χ3v) is 8.41. The number of unbranched alkanes of at least 4 members (excludes halogenated alkanes) is 16. The lowest BCUT2D eigenvalue weighted by atomic mass is 10.0. The first-order valence-electron chi connectivity index (χ1n) is 18.5. The van der Waals surface area contributed by atoms with Crippen LogP contribution in [0.25, 0.3) is 0 Å². The first-order chi connectivity index (χ1) is 21.8. The van der Waals surface area contributed by atoms with Crippen molar-refractivity contribution in [1.29, 1.82) is 0 Å². The SMILES string of the molecule is CCCCCCCCCCCC#CCCCc1ccccc1N=C(CCCCCCCC)C(CCCC)=Nc1ccccc1. The van der Waals surface area contributed by atoms with Gasteiger partial charge in [-0.2, -0.15) is 0 Å². The first kappa shape index (κ1) is 37.5. The molecule has 2 heteroatoms. The van der Waals surface area contributed by atoms with Gasteiger partial charge in [-0.1, -0.05) is 147 Å². The molecule has 0 N–H and O–H groups in total. The zero-order chi connectivity index (χ0) is 31.3. The second-order valence-corrected chi connectivity index (χ2v) is 12.5. The summed E-state index contributed by atoms with van der Waals surface area (Å²) in [5.41, 5.74) is 5.84. The molecule has 2 rings (SSSR count). The van der Waals surface area contributed by atoms with Gasteiger partial charge in [0.2, 0.25) is 0 Å². The fourth-order valence-electron chi connectivity index (χ4n) is 5.65. The molecule has 0 saturated carbocycles. The van der Waals surface area contributed by atoms with Crippen LogP contribution in [-0.4, -0.2) is 11.4 Å². The molecule has 44 heavy (non-hydrogen) atoms. The van der Waals surface area contributed by atoms with Crippen LogP contribution >= 0.6 is 0 Å². The number of rotatable bonds is 25. The van der Waals surface area contributed by atoms with Crippen LogP contribution in [0.2, 0.25) is 0 Å². The van der Waals surface area contributed by atoms with Gasteiger partial charge in [0.15, 0.2) is 0 Å². The molecule has 0 spiro atoms. The van der Waals surface area contributed by atoms with E-state index in [1.807, 2.05) is 0 Å². The highest BCUT2D eigenvalue weighted by molar-refractivity contribution is 6.43. The minimum Gasteiger partial charge on any atom is -0.252 e. The summed E-state index contributed by atoms with van der Waals surface area (Å²) >= 11 is 0. The number of benzene rings is 2. The van der Waals surface area contributed by atoms with Crippen LogP contribution in [0.15, 0.2) is 64.6 Å². The number of aliphatic imine (C=N–C) groups is 2. The van der Waals surface area contributed by atoms with Crippen molar-refractivity contribution in [2.75, 3.05) is 0 Å². The third kappa shape index (κ3) is 18.2. The quantitative estimate of drug-likeness (QED) is 0.0619. The number of para-hydroxylation sites is 2. The van der Waals surface area contributed by atoms with Gasteiger partial charge in [0.1, 0.15) is 0 Å². The molecule has 2 nitrogen and oxygen atoms in total. The van der Waals surface area contributed by atoms with Gasteiger partial charge in [0.25, 0.3) is 0 Å². The Hall–Kier alpha value is -2.66. The zero-order valence-corrected chi connectivity index (χ0v) is 28.9. The maximum absolute atomic E-state index is 5.38. The van der Waals surface area contributed by atoms with Gasteiger partial charge in [-0.05, 0) is 68.7 Å². The number of hydrogen-bond acceptors (Lipinski definition) is 2. The predicted octanol–water partition coefficient (Wildman–Crippen LogP) is 13.7. The summed E-state index contributed by atoms with van der Waals surface area (Å²) in [5, 5.41) is 0. The molecule has 0 bridgehead atoms. The van der Waals surface area contributed by atoms with Crippen molar-refractivity contribution >= 4 is 22.8 Å². The molecule has 242 valence electrons. The molecule has 2 aromatic rings. The second kappa shape index (κ2) is 26.7. The van der Waals surface area contributed by atoms with Gasteiger partial charge in [-0.25, -0.2) is 0 Å². The highest BCUT2D eigenvalue weighted by Crippen LogP contribution is 2.24. The fraction of sp³-hybridized carbons (Fsp3) is 0.619. The lowest BCUT2D eigenvalue weighted by Gasteiger charge is -2.13. The van der Waals surface area contributed by atoms with Gasteiger partial charge < -0.3 is 0 Å². The van der Waals surface area contributed by atoms with Gasteiger partial charge in [0.05, 0.1) is 22.8 Å². The molecule has 0 radical (unpaired) electrons. The summed E-state index contributed by atoms with van der Waals surface area (Å²) in [6, 6.07) is 19.2. The van der Waals surface area contributed by atoms with E-state index in [4.69, 9.17) is 9.98 Å².